The summed E-state index contributed by atoms with van der Waals surface area (Å²) in [6.07, 6.45) is 5.02. The van der Waals surface area contributed by atoms with E-state index in [0.29, 0.717) is 24.9 Å². The first-order chi connectivity index (χ1) is 13.5. The molecule has 0 radical (unpaired) electrons. The van der Waals surface area contributed by atoms with Crippen LogP contribution in [-0.4, -0.2) is 40.5 Å². The molecule has 154 valence electrons. The van der Waals surface area contributed by atoms with Crippen molar-refractivity contribution < 1.29 is 9.53 Å². The maximum absolute atomic E-state index is 13.1. The van der Waals surface area contributed by atoms with Crippen LogP contribution < -0.4 is 10.9 Å². The second kappa shape index (κ2) is 9.89. The van der Waals surface area contributed by atoms with Crippen LogP contribution in [-0.2, 0) is 28.9 Å². The van der Waals surface area contributed by atoms with E-state index in [1.807, 2.05) is 13.8 Å². The van der Waals surface area contributed by atoms with E-state index in [2.05, 4.69) is 12.2 Å². The topological polar surface area (TPSA) is 73.2 Å². The molecule has 28 heavy (non-hydrogen) atoms. The van der Waals surface area contributed by atoms with Crippen molar-refractivity contribution in [2.45, 2.75) is 70.7 Å². The normalized spacial score (nSPS) is 13.4. The van der Waals surface area contributed by atoms with Gasteiger partial charge in [0.1, 0.15) is 4.83 Å². The van der Waals surface area contributed by atoms with Crippen LogP contribution in [0, 0.1) is 0 Å². The molecule has 0 atom stereocenters. The van der Waals surface area contributed by atoms with Crippen molar-refractivity contribution >= 4 is 39.2 Å². The Kier molecular flexibility index (Phi) is 7.54. The Morgan fingerprint density at radius 2 is 2.21 bits per heavy atom. The first kappa shape index (κ1) is 21.3. The maximum Gasteiger partial charge on any atom is 0.263 e. The fourth-order valence-corrected chi connectivity index (χ4v) is 5.55. The summed E-state index contributed by atoms with van der Waals surface area (Å²) in [5, 5.41) is 4.37. The zero-order valence-corrected chi connectivity index (χ0v) is 18.5. The predicted octanol–water partition coefficient (Wildman–Crippen LogP) is 3.38. The third-order valence-corrected chi connectivity index (χ3v) is 6.83. The van der Waals surface area contributed by atoms with Gasteiger partial charge in [-0.25, -0.2) is 4.98 Å². The Morgan fingerprint density at radius 1 is 1.39 bits per heavy atom. The van der Waals surface area contributed by atoms with E-state index in [1.165, 1.54) is 22.2 Å². The smallest absolute Gasteiger partial charge is 0.263 e. The molecular formula is C20H29N3O3S2. The molecule has 2 aromatic rings. The molecule has 0 fully saturated rings. The Morgan fingerprint density at radius 3 is 2.96 bits per heavy atom. The second-order valence-electron chi connectivity index (χ2n) is 7.30. The highest BCUT2D eigenvalue weighted by Gasteiger charge is 2.23. The molecule has 2 heterocycles. The van der Waals surface area contributed by atoms with Crippen molar-refractivity contribution in [3.8, 4) is 0 Å². The van der Waals surface area contributed by atoms with Crippen molar-refractivity contribution in [1.82, 2.24) is 14.9 Å². The van der Waals surface area contributed by atoms with Gasteiger partial charge >= 0.3 is 0 Å². The van der Waals surface area contributed by atoms with E-state index < -0.39 is 0 Å². The summed E-state index contributed by atoms with van der Waals surface area (Å²) in [5.74, 6) is 0.221. The minimum Gasteiger partial charge on any atom is -0.379 e. The number of carbonyl (C=O) groups excluding carboxylic acids is 1. The Bertz CT molecular complexity index is 889. The first-order valence-corrected chi connectivity index (χ1v) is 11.9. The van der Waals surface area contributed by atoms with Crippen LogP contribution in [0.3, 0.4) is 0 Å². The van der Waals surface area contributed by atoms with Crippen molar-refractivity contribution in [3.05, 3.63) is 20.8 Å². The predicted molar refractivity (Wildman–Crippen MR) is 116 cm³/mol. The number of rotatable bonds is 10. The monoisotopic (exact) mass is 423 g/mol. The maximum atomic E-state index is 13.1. The molecule has 1 amide bonds. The minimum absolute atomic E-state index is 0.0411. The molecule has 1 N–H and O–H groups in total. The lowest BCUT2D eigenvalue weighted by Crippen LogP contribution is -2.28. The van der Waals surface area contributed by atoms with Crippen molar-refractivity contribution in [3.63, 3.8) is 0 Å². The highest BCUT2D eigenvalue weighted by atomic mass is 32.2. The lowest BCUT2D eigenvalue weighted by molar-refractivity contribution is -0.118. The number of nitrogens with one attached hydrogen (secondary N) is 1. The van der Waals surface area contributed by atoms with Crippen LogP contribution in [0.5, 0.6) is 0 Å². The van der Waals surface area contributed by atoms with Crippen molar-refractivity contribution in [1.29, 1.82) is 0 Å². The van der Waals surface area contributed by atoms with Gasteiger partial charge in [0.2, 0.25) is 5.91 Å². The molecule has 0 bridgehead atoms. The van der Waals surface area contributed by atoms with E-state index >= 15 is 0 Å². The number of hydrogen-bond acceptors (Lipinski definition) is 6. The van der Waals surface area contributed by atoms with E-state index in [9.17, 15) is 9.59 Å². The summed E-state index contributed by atoms with van der Waals surface area (Å²) in [6, 6.07) is 0. The van der Waals surface area contributed by atoms with Gasteiger partial charge < -0.3 is 10.1 Å². The van der Waals surface area contributed by atoms with E-state index in [-0.39, 0.29) is 23.3 Å². The Hall–Kier alpha value is -1.38. The van der Waals surface area contributed by atoms with Gasteiger partial charge in [-0.2, -0.15) is 0 Å². The number of aryl methyl sites for hydroxylation is 2. The molecular weight excluding hydrogens is 394 g/mol. The number of carbonyl (C=O) groups is 1. The van der Waals surface area contributed by atoms with Crippen LogP contribution in [0.15, 0.2) is 9.95 Å². The average molecular weight is 424 g/mol. The lowest BCUT2D eigenvalue weighted by atomic mass is 10.2. The molecule has 0 aliphatic heterocycles. The average Bonchev–Trinajstić information content (AvgIpc) is 3.22. The number of thiophene rings is 1. The number of fused-ring (bicyclic) bond motifs is 3. The van der Waals surface area contributed by atoms with Gasteiger partial charge in [-0.3, -0.25) is 14.2 Å². The highest BCUT2D eigenvalue weighted by molar-refractivity contribution is 7.99. The number of ether oxygens (including phenoxy) is 1. The molecule has 1 aliphatic rings. The van der Waals surface area contributed by atoms with Gasteiger partial charge in [0.05, 0.1) is 17.2 Å². The lowest BCUT2D eigenvalue weighted by Gasteiger charge is -2.12. The van der Waals surface area contributed by atoms with Crippen molar-refractivity contribution in [2.24, 2.45) is 0 Å². The molecule has 6 nitrogen and oxygen atoms in total. The minimum atomic E-state index is -0.0411. The number of aromatic nitrogens is 2. The molecule has 2 aromatic heterocycles. The number of thioether (sulfide) groups is 1. The third-order valence-electron chi connectivity index (χ3n) is 4.66. The van der Waals surface area contributed by atoms with Gasteiger partial charge in [-0.05, 0) is 51.5 Å². The fourth-order valence-electron chi connectivity index (χ4n) is 3.39. The standard InChI is InChI=1S/C20H29N3O3S2/c1-4-10-23-19(25)17-14-7-5-8-15(14)28-18(17)22-20(23)27-12-16(24)21-9-6-11-26-13(2)3/h13H,4-12H2,1-3H3,(H,21,24). The van der Waals surface area contributed by atoms with Crippen LogP contribution in [0.25, 0.3) is 10.2 Å². The molecule has 0 spiro atoms. The molecule has 8 heteroatoms. The SMILES string of the molecule is CCCn1c(SCC(=O)NCCCOC(C)C)nc2sc3c(c2c1=O)CCC3. The van der Waals surface area contributed by atoms with Crippen LogP contribution in [0.4, 0.5) is 0 Å². The van der Waals surface area contributed by atoms with Crippen molar-refractivity contribution in [2.75, 3.05) is 18.9 Å². The molecule has 0 saturated heterocycles. The first-order valence-electron chi connectivity index (χ1n) is 10.1. The number of amides is 1. The summed E-state index contributed by atoms with van der Waals surface area (Å²) in [7, 11) is 0. The summed E-state index contributed by atoms with van der Waals surface area (Å²) < 4.78 is 7.22. The summed E-state index contributed by atoms with van der Waals surface area (Å²) in [4.78, 5) is 32.2. The number of hydrogen-bond donors (Lipinski definition) is 1. The fraction of sp³-hybridized carbons (Fsp3) is 0.650. The zero-order chi connectivity index (χ0) is 20.1. The zero-order valence-electron chi connectivity index (χ0n) is 16.9. The van der Waals surface area contributed by atoms with E-state index in [0.717, 1.165) is 42.3 Å². The van der Waals surface area contributed by atoms with Crippen LogP contribution in [0.2, 0.25) is 0 Å². The van der Waals surface area contributed by atoms with Gasteiger partial charge in [0.25, 0.3) is 5.56 Å². The largest absolute Gasteiger partial charge is 0.379 e. The quantitative estimate of drug-likeness (QED) is 0.360. The second-order valence-corrected chi connectivity index (χ2v) is 9.33. The van der Waals surface area contributed by atoms with Gasteiger partial charge in [0.15, 0.2) is 5.16 Å². The van der Waals surface area contributed by atoms with E-state index in [1.54, 1.807) is 15.9 Å². The molecule has 0 aromatic carbocycles. The van der Waals surface area contributed by atoms with Crippen LogP contribution >= 0.6 is 23.1 Å². The Labute approximate surface area is 174 Å². The highest BCUT2D eigenvalue weighted by Crippen LogP contribution is 2.35. The molecule has 0 saturated carbocycles. The van der Waals surface area contributed by atoms with Gasteiger partial charge in [0, 0.05) is 24.6 Å². The third kappa shape index (κ3) is 4.96. The summed E-state index contributed by atoms with van der Waals surface area (Å²) in [6.45, 7) is 7.91. The molecule has 3 rings (SSSR count). The number of nitrogens with zero attached hydrogens (tertiary/aromatic N) is 2. The van der Waals surface area contributed by atoms with Gasteiger partial charge in [-0.1, -0.05) is 18.7 Å². The van der Waals surface area contributed by atoms with E-state index in [4.69, 9.17) is 9.72 Å². The van der Waals surface area contributed by atoms with Gasteiger partial charge in [-0.15, -0.1) is 11.3 Å². The van der Waals surface area contributed by atoms with Crippen LogP contribution in [0.1, 0.15) is 50.5 Å². The summed E-state index contributed by atoms with van der Waals surface area (Å²) in [5.41, 5.74) is 1.26. The summed E-state index contributed by atoms with van der Waals surface area (Å²) >= 11 is 2.99. The molecule has 1 aliphatic carbocycles. The Balaban J connectivity index is 1.66. The molecule has 0 unspecified atom stereocenters.